The maximum Gasteiger partial charge on any atom is 0.185 e. The molecule has 1 heterocycles. The number of nitrogens with two attached hydrogens (primary N) is 1. The van der Waals surface area contributed by atoms with Crippen LogP contribution in [0.15, 0.2) is 12.1 Å². The van der Waals surface area contributed by atoms with Gasteiger partial charge in [-0.3, -0.25) is 0 Å². The molecule has 92 valence electrons. The van der Waals surface area contributed by atoms with Crippen LogP contribution in [-0.4, -0.2) is 32.2 Å². The summed E-state index contributed by atoms with van der Waals surface area (Å²) in [7, 11) is 4.00. The third-order valence-electron chi connectivity index (χ3n) is 2.42. The van der Waals surface area contributed by atoms with E-state index in [1.807, 2.05) is 31.1 Å². The van der Waals surface area contributed by atoms with Gasteiger partial charge in [-0.25, -0.2) is 4.98 Å². The van der Waals surface area contributed by atoms with E-state index in [9.17, 15) is 0 Å². The van der Waals surface area contributed by atoms with E-state index in [1.54, 1.807) is 11.3 Å². The van der Waals surface area contributed by atoms with E-state index in [-0.39, 0.29) is 0 Å². The maximum atomic E-state index is 5.55. The van der Waals surface area contributed by atoms with Gasteiger partial charge in [0.2, 0.25) is 0 Å². The molecule has 5 heteroatoms. The van der Waals surface area contributed by atoms with Gasteiger partial charge in [-0.1, -0.05) is 11.3 Å². The third kappa shape index (κ3) is 2.50. The molecule has 0 saturated carbocycles. The lowest BCUT2D eigenvalue weighted by atomic mass is 10.2. The zero-order chi connectivity index (χ0) is 12.4. The fourth-order valence-electron chi connectivity index (χ4n) is 1.60. The summed E-state index contributed by atoms with van der Waals surface area (Å²) < 4.78 is 6.71. The molecule has 2 rings (SSSR count). The lowest BCUT2D eigenvalue weighted by Crippen LogP contribution is -2.10. The molecule has 0 radical (unpaired) electrons. The normalized spacial score (nSPS) is 10.8. The number of nitrogens with zero attached hydrogens (tertiary/aromatic N) is 2. The lowest BCUT2D eigenvalue weighted by Gasteiger charge is -2.05. The quantitative estimate of drug-likeness (QED) is 0.903. The van der Waals surface area contributed by atoms with Gasteiger partial charge in [0.25, 0.3) is 0 Å². The van der Waals surface area contributed by atoms with Gasteiger partial charge in [0.05, 0.1) is 10.2 Å². The average Bonchev–Trinajstić information content (AvgIpc) is 2.71. The first-order valence-corrected chi connectivity index (χ1v) is 6.35. The maximum absolute atomic E-state index is 5.55. The largest absolute Gasteiger partial charge is 0.492 e. The van der Waals surface area contributed by atoms with Gasteiger partial charge in [-0.15, -0.1) is 0 Å². The van der Waals surface area contributed by atoms with Crippen molar-refractivity contribution in [2.75, 3.05) is 32.1 Å². The second-order valence-corrected chi connectivity index (χ2v) is 5.12. The van der Waals surface area contributed by atoms with Gasteiger partial charge in [-0.05, 0) is 24.6 Å². The number of ether oxygens (including phenoxy) is 1. The first kappa shape index (κ1) is 12.1. The smallest absolute Gasteiger partial charge is 0.185 e. The van der Waals surface area contributed by atoms with Gasteiger partial charge in [0.1, 0.15) is 12.4 Å². The highest BCUT2D eigenvalue weighted by atomic mass is 32.1. The molecule has 17 heavy (non-hydrogen) atoms. The molecule has 4 nitrogen and oxygen atoms in total. The van der Waals surface area contributed by atoms with Crippen molar-refractivity contribution in [1.82, 2.24) is 4.98 Å². The van der Waals surface area contributed by atoms with Crippen LogP contribution in [0.1, 0.15) is 5.56 Å². The Hall–Kier alpha value is -1.33. The van der Waals surface area contributed by atoms with Crippen LogP contribution in [0.25, 0.3) is 10.2 Å². The van der Waals surface area contributed by atoms with Crippen molar-refractivity contribution >= 4 is 26.7 Å². The number of aromatic nitrogens is 1. The Morgan fingerprint density at radius 3 is 2.82 bits per heavy atom. The van der Waals surface area contributed by atoms with Crippen molar-refractivity contribution in [2.45, 2.75) is 6.92 Å². The molecule has 0 fully saturated rings. The average molecular weight is 251 g/mol. The van der Waals surface area contributed by atoms with Crippen LogP contribution in [-0.2, 0) is 0 Å². The van der Waals surface area contributed by atoms with Gasteiger partial charge in [0, 0.05) is 20.6 Å². The number of aryl methyl sites for hydroxylation is 1. The molecule has 1 aromatic carbocycles. The topological polar surface area (TPSA) is 51.4 Å². The van der Waals surface area contributed by atoms with Crippen molar-refractivity contribution in [1.29, 1.82) is 0 Å². The van der Waals surface area contributed by atoms with E-state index in [0.717, 1.165) is 26.7 Å². The molecule has 0 unspecified atom stereocenters. The highest BCUT2D eigenvalue weighted by molar-refractivity contribution is 7.22. The second-order valence-electron chi connectivity index (χ2n) is 4.11. The van der Waals surface area contributed by atoms with E-state index >= 15 is 0 Å². The second kappa shape index (κ2) is 4.89. The molecule has 2 aromatic rings. The minimum Gasteiger partial charge on any atom is -0.492 e. The standard InChI is InChI=1S/C12H17N3OS/c1-8-6-9(16-5-4-13)7-10-11(8)14-12(17-10)15(2)3/h6-7H,4-5,13H2,1-3H3. The first-order valence-electron chi connectivity index (χ1n) is 5.53. The molecule has 0 atom stereocenters. The van der Waals surface area contributed by atoms with Crippen LogP contribution in [0.2, 0.25) is 0 Å². The Morgan fingerprint density at radius 1 is 1.41 bits per heavy atom. The zero-order valence-electron chi connectivity index (χ0n) is 10.4. The Bertz CT molecular complexity index is 522. The number of hydrogen-bond donors (Lipinski definition) is 1. The van der Waals surface area contributed by atoms with Crippen LogP contribution >= 0.6 is 11.3 Å². The van der Waals surface area contributed by atoms with Crippen molar-refractivity contribution in [3.63, 3.8) is 0 Å². The summed E-state index contributed by atoms with van der Waals surface area (Å²) in [6.07, 6.45) is 0. The fourth-order valence-corrected chi connectivity index (χ4v) is 2.60. The molecule has 1 aromatic heterocycles. The number of fused-ring (bicyclic) bond motifs is 1. The Balaban J connectivity index is 2.42. The van der Waals surface area contributed by atoms with E-state index in [4.69, 9.17) is 10.5 Å². The van der Waals surface area contributed by atoms with Crippen LogP contribution in [0.4, 0.5) is 5.13 Å². The van der Waals surface area contributed by atoms with Crippen molar-refractivity contribution in [2.24, 2.45) is 5.73 Å². The van der Waals surface area contributed by atoms with Crippen LogP contribution in [0, 0.1) is 6.92 Å². The van der Waals surface area contributed by atoms with Crippen molar-refractivity contribution < 1.29 is 4.74 Å². The molecule has 0 spiro atoms. The third-order valence-corrected chi connectivity index (χ3v) is 3.59. The summed E-state index contributed by atoms with van der Waals surface area (Å²) in [6.45, 7) is 3.13. The molecule has 2 N–H and O–H groups in total. The molecule has 0 aliphatic rings. The van der Waals surface area contributed by atoms with Gasteiger partial charge < -0.3 is 15.4 Å². The number of hydrogen-bond acceptors (Lipinski definition) is 5. The lowest BCUT2D eigenvalue weighted by molar-refractivity contribution is 0.328. The Kier molecular flexibility index (Phi) is 3.49. The number of rotatable bonds is 4. The van der Waals surface area contributed by atoms with Gasteiger partial charge >= 0.3 is 0 Å². The predicted molar refractivity (Wildman–Crippen MR) is 73.2 cm³/mol. The molecule has 0 bridgehead atoms. The minimum atomic E-state index is 0.530. The summed E-state index contributed by atoms with van der Waals surface area (Å²) in [5.41, 5.74) is 7.62. The summed E-state index contributed by atoms with van der Waals surface area (Å²) >= 11 is 1.67. The van der Waals surface area contributed by atoms with Crippen LogP contribution < -0.4 is 15.4 Å². The van der Waals surface area contributed by atoms with E-state index in [0.29, 0.717) is 13.2 Å². The van der Waals surface area contributed by atoms with Gasteiger partial charge in [-0.2, -0.15) is 0 Å². The monoisotopic (exact) mass is 251 g/mol. The number of anilines is 1. The highest BCUT2D eigenvalue weighted by Crippen LogP contribution is 2.32. The van der Waals surface area contributed by atoms with Gasteiger partial charge in [0.15, 0.2) is 5.13 Å². The summed E-state index contributed by atoms with van der Waals surface area (Å²) in [5.74, 6) is 0.870. The summed E-state index contributed by atoms with van der Waals surface area (Å²) in [4.78, 5) is 6.62. The number of thiazole rings is 1. The predicted octanol–water partition coefficient (Wildman–Crippen LogP) is 2.01. The molecule has 0 amide bonds. The van der Waals surface area contributed by atoms with E-state index in [1.165, 1.54) is 0 Å². The molecular weight excluding hydrogens is 234 g/mol. The fraction of sp³-hybridized carbons (Fsp3) is 0.417. The van der Waals surface area contributed by atoms with Crippen molar-refractivity contribution in [3.05, 3.63) is 17.7 Å². The summed E-state index contributed by atoms with van der Waals surface area (Å²) in [5, 5.41) is 1.01. The summed E-state index contributed by atoms with van der Waals surface area (Å²) in [6, 6.07) is 4.04. The van der Waals surface area contributed by atoms with E-state index in [2.05, 4.69) is 11.9 Å². The van der Waals surface area contributed by atoms with Crippen LogP contribution in [0.3, 0.4) is 0 Å². The zero-order valence-corrected chi connectivity index (χ0v) is 11.2. The Morgan fingerprint density at radius 2 is 2.18 bits per heavy atom. The molecular formula is C12H17N3OS. The highest BCUT2D eigenvalue weighted by Gasteiger charge is 2.09. The number of benzene rings is 1. The Labute approximate surface area is 105 Å². The van der Waals surface area contributed by atoms with Crippen molar-refractivity contribution in [3.8, 4) is 5.75 Å². The molecule has 0 aliphatic carbocycles. The first-order chi connectivity index (χ1) is 8.11. The molecule has 0 saturated heterocycles. The van der Waals surface area contributed by atoms with E-state index < -0.39 is 0 Å². The molecule has 0 aliphatic heterocycles. The van der Waals surface area contributed by atoms with Crippen LogP contribution in [0.5, 0.6) is 5.75 Å². The minimum absolute atomic E-state index is 0.530. The SMILES string of the molecule is Cc1cc(OCCN)cc2sc(N(C)C)nc12.